The van der Waals surface area contributed by atoms with Crippen molar-refractivity contribution in [1.82, 2.24) is 14.6 Å². The van der Waals surface area contributed by atoms with Gasteiger partial charge in [-0.3, -0.25) is 5.10 Å². The van der Waals surface area contributed by atoms with E-state index in [9.17, 15) is 10.1 Å². The van der Waals surface area contributed by atoms with Gasteiger partial charge in [0, 0.05) is 23.3 Å². The highest BCUT2D eigenvalue weighted by Gasteiger charge is 2.14. The second kappa shape index (κ2) is 5.56. The zero-order valence-corrected chi connectivity index (χ0v) is 12.6. The maximum atomic E-state index is 12.3. The summed E-state index contributed by atoms with van der Waals surface area (Å²) < 4.78 is 7.22. The summed E-state index contributed by atoms with van der Waals surface area (Å²) in [6, 6.07) is 13.0. The van der Waals surface area contributed by atoms with E-state index in [4.69, 9.17) is 4.74 Å². The minimum absolute atomic E-state index is 0.0484. The van der Waals surface area contributed by atoms with Crippen LogP contribution < -0.4 is 0 Å². The number of nitrogens with zero attached hydrogens (tertiary/aromatic N) is 3. The third kappa shape index (κ3) is 2.29. The van der Waals surface area contributed by atoms with Crippen LogP contribution in [0, 0.1) is 11.3 Å². The average Bonchev–Trinajstić information content (AvgIpc) is 3.22. The molecule has 0 aliphatic rings. The number of hydrogen-bond donors (Lipinski definition) is 1. The molecule has 24 heavy (non-hydrogen) atoms. The summed E-state index contributed by atoms with van der Waals surface area (Å²) in [6.07, 6.45) is 5.31. The Bertz CT molecular complexity index is 1100. The van der Waals surface area contributed by atoms with E-state index in [1.165, 1.54) is 0 Å². The molecule has 1 aromatic carbocycles. The SMILES string of the molecule is N#Cc1c(COC(=O)c2ccc3[nH]ncc3c2)cn2ccccc12. The lowest BCUT2D eigenvalue weighted by atomic mass is 10.1. The first-order chi connectivity index (χ1) is 11.8. The van der Waals surface area contributed by atoms with E-state index in [2.05, 4.69) is 16.3 Å². The van der Waals surface area contributed by atoms with E-state index in [-0.39, 0.29) is 6.61 Å². The van der Waals surface area contributed by atoms with Crippen LogP contribution in [0.25, 0.3) is 16.4 Å². The molecule has 3 heterocycles. The van der Waals surface area contributed by atoms with Gasteiger partial charge in [-0.15, -0.1) is 0 Å². The number of rotatable bonds is 3. The number of H-pyrrole nitrogens is 1. The second-order valence-electron chi connectivity index (χ2n) is 5.38. The summed E-state index contributed by atoms with van der Waals surface area (Å²) in [4.78, 5) is 12.3. The van der Waals surface area contributed by atoms with E-state index >= 15 is 0 Å². The first-order valence-corrected chi connectivity index (χ1v) is 7.35. The highest BCUT2D eigenvalue weighted by atomic mass is 16.5. The standard InChI is InChI=1S/C18H12N4O2/c19-8-15-14(10-22-6-2-1-3-17(15)22)11-24-18(23)12-4-5-16-13(7-12)9-20-21-16/h1-7,9-10H,11H2,(H,20,21). The van der Waals surface area contributed by atoms with Crippen molar-refractivity contribution in [2.45, 2.75) is 6.61 Å². The number of hydrogen-bond acceptors (Lipinski definition) is 4. The van der Waals surface area contributed by atoms with Gasteiger partial charge in [-0.1, -0.05) is 6.07 Å². The maximum absolute atomic E-state index is 12.3. The van der Waals surface area contributed by atoms with Crippen LogP contribution in [0.5, 0.6) is 0 Å². The Morgan fingerprint density at radius 1 is 1.33 bits per heavy atom. The number of benzene rings is 1. The first kappa shape index (κ1) is 14.0. The van der Waals surface area contributed by atoms with Gasteiger partial charge in [-0.05, 0) is 30.3 Å². The number of aromatic nitrogens is 3. The van der Waals surface area contributed by atoms with Gasteiger partial charge < -0.3 is 9.14 Å². The largest absolute Gasteiger partial charge is 0.457 e. The Hall–Kier alpha value is -3.59. The zero-order chi connectivity index (χ0) is 16.5. The molecular weight excluding hydrogens is 304 g/mol. The fourth-order valence-corrected chi connectivity index (χ4v) is 2.71. The number of nitrogens with one attached hydrogen (secondary N) is 1. The molecule has 1 N–H and O–H groups in total. The molecule has 0 unspecified atom stereocenters. The Morgan fingerprint density at radius 3 is 3.12 bits per heavy atom. The van der Waals surface area contributed by atoms with E-state index in [1.54, 1.807) is 30.6 Å². The Balaban J connectivity index is 1.58. The third-order valence-corrected chi connectivity index (χ3v) is 3.91. The molecule has 0 saturated heterocycles. The van der Waals surface area contributed by atoms with Gasteiger partial charge in [0.25, 0.3) is 0 Å². The van der Waals surface area contributed by atoms with Gasteiger partial charge in [-0.2, -0.15) is 10.4 Å². The van der Waals surface area contributed by atoms with Crippen LogP contribution in [0.1, 0.15) is 21.5 Å². The highest BCUT2D eigenvalue weighted by Crippen LogP contribution is 2.20. The third-order valence-electron chi connectivity index (χ3n) is 3.91. The van der Waals surface area contributed by atoms with Crippen molar-refractivity contribution in [2.75, 3.05) is 0 Å². The number of nitriles is 1. The van der Waals surface area contributed by atoms with Crippen LogP contribution in [0.2, 0.25) is 0 Å². The number of carbonyl (C=O) groups excluding carboxylic acids is 1. The van der Waals surface area contributed by atoms with Crippen LogP contribution >= 0.6 is 0 Å². The molecule has 0 bridgehead atoms. The summed E-state index contributed by atoms with van der Waals surface area (Å²) in [5, 5.41) is 17.0. The summed E-state index contributed by atoms with van der Waals surface area (Å²) >= 11 is 0. The lowest BCUT2D eigenvalue weighted by Crippen LogP contribution is -2.05. The summed E-state index contributed by atoms with van der Waals surface area (Å²) in [6.45, 7) is 0.0484. The van der Waals surface area contributed by atoms with E-state index < -0.39 is 5.97 Å². The van der Waals surface area contributed by atoms with Crippen LogP contribution in [0.4, 0.5) is 0 Å². The van der Waals surface area contributed by atoms with E-state index in [0.29, 0.717) is 16.7 Å². The fraction of sp³-hybridized carbons (Fsp3) is 0.0556. The van der Waals surface area contributed by atoms with Gasteiger partial charge >= 0.3 is 5.97 Å². The second-order valence-corrected chi connectivity index (χ2v) is 5.38. The minimum atomic E-state index is -0.433. The number of aromatic amines is 1. The molecule has 0 fully saturated rings. The smallest absolute Gasteiger partial charge is 0.338 e. The molecule has 0 saturated carbocycles. The molecule has 0 spiro atoms. The quantitative estimate of drug-likeness (QED) is 0.589. The molecule has 4 rings (SSSR count). The molecule has 6 heteroatoms. The normalized spacial score (nSPS) is 10.8. The molecule has 116 valence electrons. The van der Waals surface area contributed by atoms with Crippen molar-refractivity contribution in [2.24, 2.45) is 0 Å². The Kier molecular flexibility index (Phi) is 3.25. The Morgan fingerprint density at radius 2 is 2.25 bits per heavy atom. The van der Waals surface area contributed by atoms with Gasteiger partial charge in [0.2, 0.25) is 0 Å². The lowest BCUT2D eigenvalue weighted by Gasteiger charge is -2.04. The van der Waals surface area contributed by atoms with Gasteiger partial charge in [0.05, 0.1) is 28.4 Å². The summed E-state index contributed by atoms with van der Waals surface area (Å²) in [7, 11) is 0. The molecule has 0 radical (unpaired) electrons. The molecule has 0 amide bonds. The van der Waals surface area contributed by atoms with E-state index in [1.807, 2.05) is 28.8 Å². The van der Waals surface area contributed by atoms with Crippen LogP contribution in [0.15, 0.2) is 55.0 Å². The van der Waals surface area contributed by atoms with Crippen LogP contribution in [-0.2, 0) is 11.3 Å². The number of ether oxygens (including phenoxy) is 1. The summed E-state index contributed by atoms with van der Waals surface area (Å²) in [5.41, 5.74) is 3.31. The van der Waals surface area contributed by atoms with Crippen molar-refractivity contribution in [3.05, 3.63) is 71.7 Å². The zero-order valence-electron chi connectivity index (χ0n) is 12.6. The van der Waals surface area contributed by atoms with Crippen molar-refractivity contribution in [1.29, 1.82) is 5.26 Å². The Labute approximate surface area is 136 Å². The van der Waals surface area contributed by atoms with Crippen LogP contribution in [-0.4, -0.2) is 20.6 Å². The predicted molar refractivity (Wildman–Crippen MR) is 87.3 cm³/mol. The van der Waals surface area contributed by atoms with Gasteiger partial charge in [0.15, 0.2) is 0 Å². The topological polar surface area (TPSA) is 83.2 Å². The monoisotopic (exact) mass is 316 g/mol. The molecule has 4 aromatic rings. The lowest BCUT2D eigenvalue weighted by molar-refractivity contribution is 0.0473. The summed E-state index contributed by atoms with van der Waals surface area (Å²) in [5.74, 6) is -0.433. The molecule has 0 aliphatic carbocycles. The number of esters is 1. The highest BCUT2D eigenvalue weighted by molar-refractivity contribution is 5.94. The molecule has 6 nitrogen and oxygen atoms in total. The number of fused-ring (bicyclic) bond motifs is 2. The van der Waals surface area contributed by atoms with Crippen molar-refractivity contribution < 1.29 is 9.53 Å². The average molecular weight is 316 g/mol. The first-order valence-electron chi connectivity index (χ1n) is 7.35. The minimum Gasteiger partial charge on any atom is -0.457 e. The van der Waals surface area contributed by atoms with Crippen molar-refractivity contribution in [3.8, 4) is 6.07 Å². The van der Waals surface area contributed by atoms with Crippen molar-refractivity contribution in [3.63, 3.8) is 0 Å². The van der Waals surface area contributed by atoms with Gasteiger partial charge in [-0.25, -0.2) is 4.79 Å². The van der Waals surface area contributed by atoms with Gasteiger partial charge in [0.1, 0.15) is 12.7 Å². The van der Waals surface area contributed by atoms with Crippen molar-refractivity contribution >= 4 is 22.4 Å². The molecule has 0 aliphatic heterocycles. The maximum Gasteiger partial charge on any atom is 0.338 e. The van der Waals surface area contributed by atoms with E-state index in [0.717, 1.165) is 16.4 Å². The molecule has 3 aromatic heterocycles. The number of carbonyl (C=O) groups is 1. The molecule has 0 atom stereocenters. The predicted octanol–water partition coefficient (Wildman–Crippen LogP) is 3.04. The number of pyridine rings is 1. The molecular formula is C18H12N4O2. The van der Waals surface area contributed by atoms with Crippen LogP contribution in [0.3, 0.4) is 0 Å². The fourth-order valence-electron chi connectivity index (χ4n) is 2.71.